The quantitative estimate of drug-likeness (QED) is 0.466. The molecule has 0 aliphatic carbocycles. The molecule has 1 aliphatic heterocycles. The summed E-state index contributed by atoms with van der Waals surface area (Å²) in [5.74, 6) is 0.546. The van der Waals surface area contributed by atoms with Gasteiger partial charge in [-0.3, -0.25) is 0 Å². The lowest BCUT2D eigenvalue weighted by atomic mass is 10.0. The van der Waals surface area contributed by atoms with Crippen LogP contribution in [0.1, 0.15) is 18.1 Å². The zero-order chi connectivity index (χ0) is 13.1. The fraction of sp³-hybridized carbons (Fsp3) is 0.267. The van der Waals surface area contributed by atoms with Crippen molar-refractivity contribution in [2.24, 2.45) is 0 Å². The number of fused-ring (bicyclic) bond motifs is 1. The monoisotopic (exact) mass is 244 g/mol. The molecular formula is C15H16O3. The number of carbonyl (C=O) groups is 1. The van der Waals surface area contributed by atoms with E-state index in [2.05, 4.69) is 11.3 Å². The lowest BCUT2D eigenvalue weighted by molar-refractivity contribution is -0.134. The van der Waals surface area contributed by atoms with E-state index in [0.29, 0.717) is 0 Å². The van der Waals surface area contributed by atoms with Crippen LogP contribution in [0, 0.1) is 0 Å². The molecule has 0 saturated carbocycles. The molecule has 0 bridgehead atoms. The smallest absolute Gasteiger partial charge is 0.330 e. The first-order valence-electron chi connectivity index (χ1n) is 5.81. The average molecular weight is 244 g/mol. The van der Waals surface area contributed by atoms with Crippen LogP contribution in [0.5, 0.6) is 5.75 Å². The maximum absolute atomic E-state index is 11.0. The van der Waals surface area contributed by atoms with Crippen molar-refractivity contribution in [3.8, 4) is 5.75 Å². The standard InChI is InChI=1S/C15H16O3/c1-10(2)14-9-12-8-11(4-6-13(12)18-14)5-7-15(16)17-3/h4-8,14H,1,9H2,2-3H3/b7-5+/t14-/m0/s1. The van der Waals surface area contributed by atoms with Crippen molar-refractivity contribution in [1.82, 2.24) is 0 Å². The van der Waals surface area contributed by atoms with Crippen LogP contribution in [-0.2, 0) is 16.0 Å². The molecule has 1 aliphatic rings. The van der Waals surface area contributed by atoms with Crippen molar-refractivity contribution >= 4 is 12.0 Å². The summed E-state index contributed by atoms with van der Waals surface area (Å²) in [6.45, 7) is 5.88. The van der Waals surface area contributed by atoms with Crippen LogP contribution in [0.4, 0.5) is 0 Å². The van der Waals surface area contributed by atoms with E-state index in [0.717, 1.165) is 28.9 Å². The third kappa shape index (κ3) is 2.62. The maximum Gasteiger partial charge on any atom is 0.330 e. The summed E-state index contributed by atoms with van der Waals surface area (Å²) in [4.78, 5) is 11.0. The van der Waals surface area contributed by atoms with Crippen molar-refractivity contribution in [3.63, 3.8) is 0 Å². The Morgan fingerprint density at radius 2 is 2.33 bits per heavy atom. The highest BCUT2D eigenvalue weighted by Crippen LogP contribution is 2.32. The Balaban J connectivity index is 2.16. The number of methoxy groups -OCH3 is 1. The summed E-state index contributed by atoms with van der Waals surface area (Å²) >= 11 is 0. The molecule has 1 atom stereocenters. The van der Waals surface area contributed by atoms with Crippen LogP contribution in [0.2, 0.25) is 0 Å². The minimum absolute atomic E-state index is 0.0693. The molecule has 0 spiro atoms. The molecule has 0 N–H and O–H groups in total. The van der Waals surface area contributed by atoms with Gasteiger partial charge in [-0.2, -0.15) is 0 Å². The Morgan fingerprint density at radius 1 is 1.56 bits per heavy atom. The van der Waals surface area contributed by atoms with Crippen LogP contribution in [-0.4, -0.2) is 19.2 Å². The van der Waals surface area contributed by atoms with Gasteiger partial charge in [-0.05, 0) is 41.8 Å². The molecule has 18 heavy (non-hydrogen) atoms. The predicted octanol–water partition coefficient (Wildman–Crippen LogP) is 2.75. The van der Waals surface area contributed by atoms with Crippen LogP contribution < -0.4 is 4.74 Å². The van der Waals surface area contributed by atoms with Crippen molar-refractivity contribution in [1.29, 1.82) is 0 Å². The topological polar surface area (TPSA) is 35.5 Å². The van der Waals surface area contributed by atoms with Gasteiger partial charge in [0.2, 0.25) is 0 Å². The summed E-state index contributed by atoms with van der Waals surface area (Å²) in [7, 11) is 1.36. The van der Waals surface area contributed by atoms with Crippen LogP contribution in [0.3, 0.4) is 0 Å². The minimum Gasteiger partial charge on any atom is -0.485 e. The number of carbonyl (C=O) groups excluding carboxylic acids is 1. The highest BCUT2D eigenvalue weighted by molar-refractivity contribution is 5.87. The minimum atomic E-state index is -0.355. The number of esters is 1. The van der Waals surface area contributed by atoms with Crippen LogP contribution in [0.15, 0.2) is 36.4 Å². The maximum atomic E-state index is 11.0. The molecule has 3 nitrogen and oxygen atoms in total. The van der Waals surface area contributed by atoms with Gasteiger partial charge in [0, 0.05) is 12.5 Å². The van der Waals surface area contributed by atoms with E-state index in [1.807, 2.05) is 25.1 Å². The van der Waals surface area contributed by atoms with Gasteiger partial charge in [0.25, 0.3) is 0 Å². The zero-order valence-electron chi connectivity index (χ0n) is 10.6. The first-order valence-corrected chi connectivity index (χ1v) is 5.81. The molecule has 0 amide bonds. The van der Waals surface area contributed by atoms with E-state index in [1.54, 1.807) is 6.08 Å². The first kappa shape index (κ1) is 12.4. The molecule has 0 fully saturated rings. The highest BCUT2D eigenvalue weighted by atomic mass is 16.5. The summed E-state index contributed by atoms with van der Waals surface area (Å²) in [6, 6.07) is 5.87. The van der Waals surface area contributed by atoms with Gasteiger partial charge in [-0.25, -0.2) is 4.79 Å². The molecule has 2 rings (SSSR count). The SMILES string of the molecule is C=C(C)[C@@H]1Cc2cc(/C=C/C(=O)OC)ccc2O1. The van der Waals surface area contributed by atoms with E-state index < -0.39 is 0 Å². The summed E-state index contributed by atoms with van der Waals surface area (Å²) < 4.78 is 10.3. The van der Waals surface area contributed by atoms with E-state index in [4.69, 9.17) is 4.74 Å². The Bertz CT molecular complexity index is 514. The molecule has 1 aromatic carbocycles. The number of rotatable bonds is 3. The van der Waals surface area contributed by atoms with Crippen molar-refractivity contribution in [2.45, 2.75) is 19.4 Å². The molecule has 1 heterocycles. The number of hydrogen-bond donors (Lipinski definition) is 0. The molecular weight excluding hydrogens is 228 g/mol. The van der Waals surface area contributed by atoms with Crippen molar-refractivity contribution in [3.05, 3.63) is 47.6 Å². The third-order valence-corrected chi connectivity index (χ3v) is 2.92. The van der Waals surface area contributed by atoms with Gasteiger partial charge in [0.05, 0.1) is 7.11 Å². The Kier molecular flexibility index (Phi) is 3.51. The number of hydrogen-bond acceptors (Lipinski definition) is 3. The van der Waals surface area contributed by atoms with Crippen LogP contribution >= 0.6 is 0 Å². The Morgan fingerprint density at radius 3 is 3.00 bits per heavy atom. The zero-order valence-corrected chi connectivity index (χ0v) is 10.6. The van der Waals surface area contributed by atoms with Crippen LogP contribution in [0.25, 0.3) is 6.08 Å². The predicted molar refractivity (Wildman–Crippen MR) is 70.4 cm³/mol. The molecule has 0 radical (unpaired) electrons. The summed E-state index contributed by atoms with van der Waals surface area (Å²) in [5.41, 5.74) is 3.14. The molecule has 0 aromatic heterocycles. The molecule has 0 saturated heterocycles. The van der Waals surface area contributed by atoms with E-state index in [9.17, 15) is 4.79 Å². The fourth-order valence-electron chi connectivity index (χ4n) is 1.88. The van der Waals surface area contributed by atoms with Gasteiger partial charge in [-0.15, -0.1) is 0 Å². The van der Waals surface area contributed by atoms with E-state index >= 15 is 0 Å². The normalized spacial score (nSPS) is 17.3. The highest BCUT2D eigenvalue weighted by Gasteiger charge is 2.22. The second-order valence-corrected chi connectivity index (χ2v) is 4.38. The number of benzene rings is 1. The van der Waals surface area contributed by atoms with Gasteiger partial charge >= 0.3 is 5.97 Å². The Hall–Kier alpha value is -2.03. The molecule has 0 unspecified atom stereocenters. The van der Waals surface area contributed by atoms with Crippen molar-refractivity contribution < 1.29 is 14.3 Å². The number of ether oxygens (including phenoxy) is 2. The van der Waals surface area contributed by atoms with E-state index in [-0.39, 0.29) is 12.1 Å². The second-order valence-electron chi connectivity index (χ2n) is 4.38. The fourth-order valence-corrected chi connectivity index (χ4v) is 1.88. The largest absolute Gasteiger partial charge is 0.485 e. The van der Waals surface area contributed by atoms with Crippen molar-refractivity contribution in [2.75, 3.05) is 7.11 Å². The van der Waals surface area contributed by atoms with E-state index in [1.165, 1.54) is 13.2 Å². The van der Waals surface area contributed by atoms with Gasteiger partial charge in [-0.1, -0.05) is 12.6 Å². The summed E-state index contributed by atoms with van der Waals surface area (Å²) in [6.07, 6.45) is 4.05. The first-order chi connectivity index (χ1) is 8.60. The molecule has 3 heteroatoms. The third-order valence-electron chi connectivity index (χ3n) is 2.92. The Labute approximate surface area is 107 Å². The molecule has 94 valence electrons. The van der Waals surface area contributed by atoms with Gasteiger partial charge in [0.15, 0.2) is 0 Å². The molecule has 1 aromatic rings. The lowest BCUT2D eigenvalue weighted by Crippen LogP contribution is -2.13. The lowest BCUT2D eigenvalue weighted by Gasteiger charge is -2.08. The average Bonchev–Trinajstić information content (AvgIpc) is 2.79. The summed E-state index contributed by atoms with van der Waals surface area (Å²) in [5, 5.41) is 0. The van der Waals surface area contributed by atoms with Gasteiger partial charge in [0.1, 0.15) is 11.9 Å². The van der Waals surface area contributed by atoms with Gasteiger partial charge < -0.3 is 9.47 Å². The second kappa shape index (κ2) is 5.08.